The Kier molecular flexibility index (Phi) is 3.40. The van der Waals surface area contributed by atoms with Crippen LogP contribution in [0, 0.1) is 14.8 Å². The third-order valence-electron chi connectivity index (χ3n) is 3.83. The standard InChI is InChI=1S/C14H15N3O2S/c18-17(19)12-7-3-6-11(8-12)16-14(20)9-13(15-16)10-4-1-2-5-10/h3,6-10,15H,1-2,4-5H2. The van der Waals surface area contributed by atoms with Crippen LogP contribution in [-0.2, 0) is 0 Å². The monoisotopic (exact) mass is 289 g/mol. The number of rotatable bonds is 3. The zero-order chi connectivity index (χ0) is 14.1. The summed E-state index contributed by atoms with van der Waals surface area (Å²) in [6.45, 7) is 0. The van der Waals surface area contributed by atoms with Crippen LogP contribution in [0.25, 0.3) is 5.69 Å². The molecule has 0 aliphatic heterocycles. The van der Waals surface area contributed by atoms with Crippen LogP contribution >= 0.6 is 12.2 Å². The Labute approximate surface area is 121 Å². The van der Waals surface area contributed by atoms with Crippen LogP contribution in [0.3, 0.4) is 0 Å². The average Bonchev–Trinajstić information content (AvgIpc) is 3.07. The van der Waals surface area contributed by atoms with Crippen LogP contribution in [0.5, 0.6) is 0 Å². The van der Waals surface area contributed by atoms with Crippen molar-refractivity contribution in [1.29, 1.82) is 0 Å². The number of aromatic nitrogens is 2. The van der Waals surface area contributed by atoms with E-state index in [1.54, 1.807) is 10.7 Å². The van der Waals surface area contributed by atoms with E-state index in [4.69, 9.17) is 12.2 Å². The number of nitrogens with one attached hydrogen (secondary N) is 1. The molecule has 0 spiro atoms. The molecule has 0 atom stereocenters. The second-order valence-electron chi connectivity index (χ2n) is 5.14. The van der Waals surface area contributed by atoms with E-state index >= 15 is 0 Å². The summed E-state index contributed by atoms with van der Waals surface area (Å²) in [6.07, 6.45) is 4.88. The van der Waals surface area contributed by atoms with Crippen molar-refractivity contribution in [2.45, 2.75) is 31.6 Å². The number of nitrogens with zero attached hydrogens (tertiary/aromatic N) is 2. The minimum atomic E-state index is -0.395. The first-order valence-corrected chi connectivity index (χ1v) is 7.13. The first-order chi connectivity index (χ1) is 9.65. The van der Waals surface area contributed by atoms with Crippen molar-refractivity contribution in [3.05, 3.63) is 50.8 Å². The maximum absolute atomic E-state index is 10.8. The van der Waals surface area contributed by atoms with Gasteiger partial charge in [-0.1, -0.05) is 31.1 Å². The van der Waals surface area contributed by atoms with E-state index in [0.717, 1.165) is 5.69 Å². The Morgan fingerprint density at radius 3 is 2.75 bits per heavy atom. The molecule has 0 bridgehead atoms. The summed E-state index contributed by atoms with van der Waals surface area (Å²) in [6, 6.07) is 8.48. The van der Waals surface area contributed by atoms with E-state index in [1.807, 2.05) is 12.1 Å². The fourth-order valence-corrected chi connectivity index (χ4v) is 3.08. The number of H-pyrrole nitrogens is 1. The quantitative estimate of drug-likeness (QED) is 0.525. The summed E-state index contributed by atoms with van der Waals surface area (Å²) in [5.41, 5.74) is 1.91. The maximum Gasteiger partial charge on any atom is 0.271 e. The molecule has 1 aliphatic rings. The highest BCUT2D eigenvalue weighted by molar-refractivity contribution is 7.71. The van der Waals surface area contributed by atoms with Gasteiger partial charge in [0.25, 0.3) is 5.69 Å². The van der Waals surface area contributed by atoms with Crippen LogP contribution in [0.15, 0.2) is 30.3 Å². The summed E-state index contributed by atoms with van der Waals surface area (Å²) in [5.74, 6) is 0.539. The van der Waals surface area contributed by atoms with Crippen molar-refractivity contribution in [3.63, 3.8) is 0 Å². The molecule has 1 N–H and O–H groups in total. The van der Waals surface area contributed by atoms with Crippen LogP contribution in [0.4, 0.5) is 5.69 Å². The molecule has 20 heavy (non-hydrogen) atoms. The van der Waals surface area contributed by atoms with E-state index in [-0.39, 0.29) is 5.69 Å². The van der Waals surface area contributed by atoms with Gasteiger partial charge >= 0.3 is 0 Å². The maximum atomic E-state index is 10.8. The molecule has 0 saturated heterocycles. The third kappa shape index (κ3) is 2.38. The second kappa shape index (κ2) is 5.20. The Morgan fingerprint density at radius 2 is 2.05 bits per heavy atom. The molecule has 1 aromatic carbocycles. The predicted octanol–water partition coefficient (Wildman–Crippen LogP) is 4.10. The Morgan fingerprint density at radius 1 is 1.30 bits per heavy atom. The zero-order valence-corrected chi connectivity index (χ0v) is 11.7. The lowest BCUT2D eigenvalue weighted by Gasteiger charge is -2.06. The molecular weight excluding hydrogens is 274 g/mol. The molecule has 0 unspecified atom stereocenters. The predicted molar refractivity (Wildman–Crippen MR) is 78.8 cm³/mol. The fraction of sp³-hybridized carbons (Fsp3) is 0.357. The van der Waals surface area contributed by atoms with Gasteiger partial charge in [-0.2, -0.15) is 0 Å². The second-order valence-corrected chi connectivity index (χ2v) is 5.56. The number of hydrogen-bond acceptors (Lipinski definition) is 3. The molecule has 6 heteroatoms. The van der Waals surface area contributed by atoms with Gasteiger partial charge < -0.3 is 0 Å². The molecular formula is C14H15N3O2S. The average molecular weight is 289 g/mol. The van der Waals surface area contributed by atoms with Crippen LogP contribution < -0.4 is 0 Å². The van der Waals surface area contributed by atoms with Crippen molar-refractivity contribution >= 4 is 17.9 Å². The molecule has 0 amide bonds. The SMILES string of the molecule is O=[N+]([O-])c1cccc(-n2[nH]c(C3CCCC3)cc2=S)c1. The lowest BCUT2D eigenvalue weighted by molar-refractivity contribution is -0.384. The zero-order valence-electron chi connectivity index (χ0n) is 10.9. The van der Waals surface area contributed by atoms with Gasteiger partial charge in [0.05, 0.1) is 10.6 Å². The lowest BCUT2D eigenvalue weighted by atomic mass is 10.1. The van der Waals surface area contributed by atoms with Crippen molar-refractivity contribution in [2.75, 3.05) is 0 Å². The summed E-state index contributed by atoms with van der Waals surface area (Å²) in [4.78, 5) is 10.4. The third-order valence-corrected chi connectivity index (χ3v) is 4.13. The number of non-ortho nitro benzene ring substituents is 1. The van der Waals surface area contributed by atoms with E-state index in [0.29, 0.717) is 16.2 Å². The van der Waals surface area contributed by atoms with Gasteiger partial charge in [-0.05, 0) is 25.0 Å². The van der Waals surface area contributed by atoms with Crippen molar-refractivity contribution < 1.29 is 4.92 Å². The molecule has 0 radical (unpaired) electrons. The Hall–Kier alpha value is -1.95. The van der Waals surface area contributed by atoms with Gasteiger partial charge in [-0.25, -0.2) is 4.68 Å². The Bertz CT molecular complexity index is 698. The van der Waals surface area contributed by atoms with E-state index in [1.165, 1.54) is 37.8 Å². The molecule has 1 aliphatic carbocycles. The number of aromatic amines is 1. The molecule has 1 saturated carbocycles. The minimum Gasteiger partial charge on any atom is -0.297 e. The highest BCUT2D eigenvalue weighted by atomic mass is 32.1. The van der Waals surface area contributed by atoms with Crippen molar-refractivity contribution in [2.24, 2.45) is 0 Å². The van der Waals surface area contributed by atoms with Gasteiger partial charge in [0.15, 0.2) is 0 Å². The highest BCUT2D eigenvalue weighted by Gasteiger charge is 2.19. The minimum absolute atomic E-state index is 0.0708. The van der Waals surface area contributed by atoms with Gasteiger partial charge in [-0.3, -0.25) is 15.2 Å². The number of benzene rings is 1. The summed E-state index contributed by atoms with van der Waals surface area (Å²) in [5, 5.41) is 14.1. The molecule has 1 heterocycles. The first kappa shape index (κ1) is 13.1. The molecule has 104 valence electrons. The van der Waals surface area contributed by atoms with Crippen molar-refractivity contribution in [3.8, 4) is 5.69 Å². The molecule has 3 rings (SSSR count). The number of nitro benzene ring substituents is 1. The Balaban J connectivity index is 1.99. The first-order valence-electron chi connectivity index (χ1n) is 6.72. The summed E-state index contributed by atoms with van der Waals surface area (Å²) < 4.78 is 2.41. The van der Waals surface area contributed by atoms with E-state index in [9.17, 15) is 10.1 Å². The number of hydrogen-bond donors (Lipinski definition) is 1. The molecule has 1 fully saturated rings. The smallest absolute Gasteiger partial charge is 0.271 e. The number of nitro groups is 1. The van der Waals surface area contributed by atoms with Crippen LogP contribution in [0.1, 0.15) is 37.3 Å². The van der Waals surface area contributed by atoms with Crippen LogP contribution in [-0.4, -0.2) is 14.7 Å². The largest absolute Gasteiger partial charge is 0.297 e. The van der Waals surface area contributed by atoms with E-state index in [2.05, 4.69) is 5.10 Å². The van der Waals surface area contributed by atoms with Gasteiger partial charge in [0.2, 0.25) is 0 Å². The highest BCUT2D eigenvalue weighted by Crippen LogP contribution is 2.33. The summed E-state index contributed by atoms with van der Waals surface area (Å²) in [7, 11) is 0. The topological polar surface area (TPSA) is 63.9 Å². The lowest BCUT2D eigenvalue weighted by Crippen LogP contribution is -2.00. The van der Waals surface area contributed by atoms with Crippen LogP contribution in [0.2, 0.25) is 0 Å². The van der Waals surface area contributed by atoms with Gasteiger partial charge in [-0.15, -0.1) is 0 Å². The normalized spacial score (nSPS) is 15.6. The fourth-order valence-electron chi connectivity index (χ4n) is 2.80. The summed E-state index contributed by atoms with van der Waals surface area (Å²) >= 11 is 5.36. The molecule has 1 aromatic heterocycles. The van der Waals surface area contributed by atoms with Crippen molar-refractivity contribution in [1.82, 2.24) is 9.78 Å². The van der Waals surface area contributed by atoms with Gasteiger partial charge in [0, 0.05) is 23.7 Å². The molecule has 5 nitrogen and oxygen atoms in total. The van der Waals surface area contributed by atoms with E-state index < -0.39 is 4.92 Å². The molecule has 2 aromatic rings. The van der Waals surface area contributed by atoms with Gasteiger partial charge in [0.1, 0.15) is 4.64 Å².